The molecule has 0 bridgehead atoms. The number of carbonyl (C=O) groups is 3. The van der Waals surface area contributed by atoms with Crippen LogP contribution in [0.25, 0.3) is 0 Å². The van der Waals surface area contributed by atoms with Crippen LogP contribution in [0, 0.1) is 11.3 Å². The predicted octanol–water partition coefficient (Wildman–Crippen LogP) is 2.65. The Morgan fingerprint density at radius 1 is 1.06 bits per heavy atom. The standard InChI is InChI=1S/C25H37N3O4/c29-22(28-21(18-23(30)31)7-6-19-4-2-1-3-5-19)10-15-27-24(32)20-8-11-25(12-9-20)13-16-26-17-14-25/h1-5,20-21,26H,6-18H2,(H,27,32)(H,28,29)(H,30,31). The maximum Gasteiger partial charge on any atom is 0.305 e. The Morgan fingerprint density at radius 3 is 2.41 bits per heavy atom. The Morgan fingerprint density at radius 2 is 1.75 bits per heavy atom. The molecule has 1 aromatic carbocycles. The minimum atomic E-state index is -0.930. The van der Waals surface area contributed by atoms with E-state index in [0.717, 1.165) is 44.3 Å². The number of hydrogen-bond acceptors (Lipinski definition) is 4. The number of aliphatic carboxylic acids is 1. The van der Waals surface area contributed by atoms with E-state index in [1.165, 1.54) is 12.8 Å². The van der Waals surface area contributed by atoms with Crippen molar-refractivity contribution in [3.8, 4) is 0 Å². The number of benzene rings is 1. The average Bonchev–Trinajstić information content (AvgIpc) is 2.79. The molecule has 1 aliphatic heterocycles. The molecule has 2 aliphatic rings. The third-order valence-electron chi connectivity index (χ3n) is 7.14. The number of hydrogen-bond donors (Lipinski definition) is 4. The maximum absolute atomic E-state index is 12.5. The minimum absolute atomic E-state index is 0.0456. The molecule has 32 heavy (non-hydrogen) atoms. The van der Waals surface area contributed by atoms with Crippen molar-refractivity contribution in [2.24, 2.45) is 11.3 Å². The summed E-state index contributed by atoms with van der Waals surface area (Å²) in [6.07, 6.45) is 7.84. The van der Waals surface area contributed by atoms with Crippen molar-refractivity contribution in [1.29, 1.82) is 0 Å². The van der Waals surface area contributed by atoms with Gasteiger partial charge in [0.15, 0.2) is 0 Å². The van der Waals surface area contributed by atoms with E-state index < -0.39 is 12.0 Å². The highest BCUT2D eigenvalue weighted by atomic mass is 16.4. The largest absolute Gasteiger partial charge is 0.481 e. The topological polar surface area (TPSA) is 108 Å². The van der Waals surface area contributed by atoms with E-state index >= 15 is 0 Å². The summed E-state index contributed by atoms with van der Waals surface area (Å²) in [6.45, 7) is 2.45. The van der Waals surface area contributed by atoms with E-state index in [4.69, 9.17) is 5.11 Å². The second-order valence-electron chi connectivity index (χ2n) is 9.45. The van der Waals surface area contributed by atoms with Crippen LogP contribution in [0.5, 0.6) is 0 Å². The molecule has 7 heteroatoms. The summed E-state index contributed by atoms with van der Waals surface area (Å²) >= 11 is 0. The lowest BCUT2D eigenvalue weighted by Gasteiger charge is -2.42. The van der Waals surface area contributed by atoms with Crippen LogP contribution in [-0.4, -0.2) is 48.6 Å². The second-order valence-corrected chi connectivity index (χ2v) is 9.45. The number of nitrogens with one attached hydrogen (secondary N) is 3. The fourth-order valence-electron chi connectivity index (χ4n) is 5.11. The first-order chi connectivity index (χ1) is 15.5. The quantitative estimate of drug-likeness (QED) is 0.445. The van der Waals surface area contributed by atoms with Gasteiger partial charge in [0.1, 0.15) is 0 Å². The predicted molar refractivity (Wildman–Crippen MR) is 123 cm³/mol. The van der Waals surface area contributed by atoms with Crippen LogP contribution < -0.4 is 16.0 Å². The van der Waals surface area contributed by atoms with Crippen molar-refractivity contribution in [3.05, 3.63) is 35.9 Å². The van der Waals surface area contributed by atoms with E-state index in [2.05, 4.69) is 16.0 Å². The number of rotatable bonds is 10. The molecule has 1 unspecified atom stereocenters. The summed E-state index contributed by atoms with van der Waals surface area (Å²) in [5, 5.41) is 18.3. The molecule has 1 saturated carbocycles. The van der Waals surface area contributed by atoms with Crippen molar-refractivity contribution in [1.82, 2.24) is 16.0 Å². The Kier molecular flexibility index (Phi) is 9.09. The Balaban J connectivity index is 1.36. The number of carbonyl (C=O) groups excluding carboxylic acids is 2. The molecular weight excluding hydrogens is 406 g/mol. The normalized spacial score (nSPS) is 19.2. The lowest BCUT2D eigenvalue weighted by Crippen LogP contribution is -2.42. The van der Waals surface area contributed by atoms with E-state index in [9.17, 15) is 14.4 Å². The van der Waals surface area contributed by atoms with Crippen molar-refractivity contribution in [2.75, 3.05) is 19.6 Å². The van der Waals surface area contributed by atoms with Gasteiger partial charge in [0.25, 0.3) is 0 Å². The molecule has 1 aliphatic carbocycles. The van der Waals surface area contributed by atoms with E-state index in [-0.39, 0.29) is 37.1 Å². The fraction of sp³-hybridized carbons (Fsp3) is 0.640. The zero-order chi connectivity index (χ0) is 22.8. The Bertz CT molecular complexity index is 752. The summed E-state index contributed by atoms with van der Waals surface area (Å²) in [4.78, 5) is 36.1. The summed E-state index contributed by atoms with van der Waals surface area (Å²) in [5.74, 6) is -1.06. The maximum atomic E-state index is 12.5. The molecule has 2 amide bonds. The number of carboxylic acids is 1. The Labute approximate surface area is 190 Å². The van der Waals surface area contributed by atoms with Gasteiger partial charge >= 0.3 is 5.97 Å². The summed E-state index contributed by atoms with van der Waals surface area (Å²) in [6, 6.07) is 9.40. The molecular formula is C25H37N3O4. The SMILES string of the molecule is O=C(O)CC(CCc1ccccc1)NC(=O)CCNC(=O)C1CCC2(CCNCC2)CC1. The highest BCUT2D eigenvalue weighted by molar-refractivity contribution is 5.81. The molecule has 1 heterocycles. The van der Waals surface area contributed by atoms with E-state index in [1.807, 2.05) is 30.3 Å². The van der Waals surface area contributed by atoms with E-state index in [0.29, 0.717) is 18.3 Å². The molecule has 176 valence electrons. The molecule has 4 N–H and O–H groups in total. The highest BCUT2D eigenvalue weighted by Crippen LogP contribution is 2.45. The van der Waals surface area contributed by atoms with Gasteiger partial charge in [0, 0.05) is 24.9 Å². The van der Waals surface area contributed by atoms with Gasteiger partial charge in [-0.2, -0.15) is 0 Å². The lowest BCUT2D eigenvalue weighted by molar-refractivity contribution is -0.137. The van der Waals surface area contributed by atoms with Crippen LogP contribution in [0.3, 0.4) is 0 Å². The first-order valence-corrected chi connectivity index (χ1v) is 12.0. The smallest absolute Gasteiger partial charge is 0.305 e. The number of piperidine rings is 1. The third-order valence-corrected chi connectivity index (χ3v) is 7.14. The zero-order valence-electron chi connectivity index (χ0n) is 18.9. The summed E-state index contributed by atoms with van der Waals surface area (Å²) in [5.41, 5.74) is 1.55. The molecule has 7 nitrogen and oxygen atoms in total. The third kappa shape index (κ3) is 7.62. The van der Waals surface area contributed by atoms with Crippen molar-refractivity contribution in [2.45, 2.75) is 70.3 Å². The highest BCUT2D eigenvalue weighted by Gasteiger charge is 2.37. The molecule has 1 spiro atoms. The van der Waals surface area contributed by atoms with Crippen LogP contribution in [0.2, 0.25) is 0 Å². The van der Waals surface area contributed by atoms with Gasteiger partial charge in [-0.1, -0.05) is 30.3 Å². The Hall–Kier alpha value is -2.41. The van der Waals surface area contributed by atoms with Gasteiger partial charge in [-0.25, -0.2) is 0 Å². The van der Waals surface area contributed by atoms with Crippen molar-refractivity contribution < 1.29 is 19.5 Å². The second kappa shape index (κ2) is 12.0. The summed E-state index contributed by atoms with van der Waals surface area (Å²) < 4.78 is 0. The number of amides is 2. The van der Waals surface area contributed by atoms with Crippen LogP contribution in [0.15, 0.2) is 30.3 Å². The first kappa shape index (κ1) is 24.2. The molecule has 2 fully saturated rings. The molecule has 1 saturated heterocycles. The van der Waals surface area contributed by atoms with Crippen molar-refractivity contribution >= 4 is 17.8 Å². The molecule has 1 atom stereocenters. The first-order valence-electron chi connectivity index (χ1n) is 12.0. The van der Waals surface area contributed by atoms with Gasteiger partial charge in [0.2, 0.25) is 11.8 Å². The number of aryl methyl sites for hydroxylation is 1. The van der Waals surface area contributed by atoms with Crippen LogP contribution in [0.1, 0.15) is 63.4 Å². The van der Waals surface area contributed by atoms with Gasteiger partial charge in [-0.05, 0) is 75.4 Å². The summed E-state index contributed by atoms with van der Waals surface area (Å²) in [7, 11) is 0. The molecule has 3 rings (SSSR count). The average molecular weight is 444 g/mol. The molecule has 0 radical (unpaired) electrons. The molecule has 0 aromatic heterocycles. The van der Waals surface area contributed by atoms with Gasteiger partial charge < -0.3 is 21.1 Å². The van der Waals surface area contributed by atoms with Crippen LogP contribution >= 0.6 is 0 Å². The minimum Gasteiger partial charge on any atom is -0.481 e. The van der Waals surface area contributed by atoms with Gasteiger partial charge in [0.05, 0.1) is 6.42 Å². The zero-order valence-corrected chi connectivity index (χ0v) is 18.9. The van der Waals surface area contributed by atoms with Crippen LogP contribution in [-0.2, 0) is 20.8 Å². The van der Waals surface area contributed by atoms with Crippen LogP contribution in [0.4, 0.5) is 0 Å². The van der Waals surface area contributed by atoms with E-state index in [1.54, 1.807) is 0 Å². The number of carboxylic acid groups (broad SMARTS) is 1. The van der Waals surface area contributed by atoms with Gasteiger partial charge in [-0.3, -0.25) is 14.4 Å². The van der Waals surface area contributed by atoms with Crippen molar-refractivity contribution in [3.63, 3.8) is 0 Å². The fourth-order valence-corrected chi connectivity index (χ4v) is 5.11. The molecule has 1 aromatic rings. The monoisotopic (exact) mass is 443 g/mol. The lowest BCUT2D eigenvalue weighted by atomic mass is 9.65. The van der Waals surface area contributed by atoms with Gasteiger partial charge in [-0.15, -0.1) is 0 Å².